The van der Waals surface area contributed by atoms with Gasteiger partial charge in [-0.05, 0) is 67.1 Å². The topological polar surface area (TPSA) is 44.4 Å². The number of amides is 2. The number of piperidine rings is 1. The number of likely N-dealkylation sites (tertiary alicyclic amines) is 1. The first-order chi connectivity index (χ1) is 12.4. The van der Waals surface area contributed by atoms with Crippen LogP contribution in [-0.2, 0) is 5.41 Å². The van der Waals surface area contributed by atoms with Crippen LogP contribution in [0.3, 0.4) is 0 Å². The molecule has 1 aromatic rings. The number of thioether (sulfide) groups is 1. The fraction of sp³-hybridized carbons (Fsp3) is 0.667. The molecule has 2 amide bonds. The van der Waals surface area contributed by atoms with E-state index >= 15 is 0 Å². The molecule has 0 radical (unpaired) electrons. The highest BCUT2D eigenvalue weighted by Crippen LogP contribution is 2.27. The van der Waals surface area contributed by atoms with Crippen LogP contribution in [0, 0.1) is 5.92 Å². The predicted molar refractivity (Wildman–Crippen MR) is 112 cm³/mol. The lowest BCUT2D eigenvalue weighted by Gasteiger charge is -2.35. The largest absolute Gasteiger partial charge is 0.338 e. The summed E-state index contributed by atoms with van der Waals surface area (Å²) in [5, 5.41) is 6.01. The van der Waals surface area contributed by atoms with Crippen molar-refractivity contribution in [2.24, 2.45) is 5.92 Å². The zero-order valence-corrected chi connectivity index (χ0v) is 17.2. The molecule has 0 spiro atoms. The van der Waals surface area contributed by atoms with Gasteiger partial charge in [0, 0.05) is 24.0 Å². The molecule has 2 fully saturated rings. The summed E-state index contributed by atoms with van der Waals surface area (Å²) in [7, 11) is 0. The molecule has 1 aromatic carbocycles. The second-order valence-corrected chi connectivity index (χ2v) is 9.81. The van der Waals surface area contributed by atoms with Gasteiger partial charge in [0.2, 0.25) is 0 Å². The highest BCUT2D eigenvalue weighted by Gasteiger charge is 2.27. The molecule has 2 aliphatic heterocycles. The van der Waals surface area contributed by atoms with E-state index in [2.05, 4.69) is 60.2 Å². The summed E-state index contributed by atoms with van der Waals surface area (Å²) in [5.74, 6) is 3.23. The summed E-state index contributed by atoms with van der Waals surface area (Å²) >= 11 is 2.09. The number of anilines is 1. The molecule has 3 rings (SSSR count). The quantitative estimate of drug-likeness (QED) is 0.823. The molecule has 1 unspecified atom stereocenters. The van der Waals surface area contributed by atoms with Gasteiger partial charge < -0.3 is 10.6 Å². The molecular weight excluding hydrogens is 342 g/mol. The van der Waals surface area contributed by atoms with Crippen LogP contribution in [0.1, 0.15) is 45.6 Å². The second kappa shape index (κ2) is 8.66. The van der Waals surface area contributed by atoms with Crippen molar-refractivity contribution in [2.45, 2.75) is 51.5 Å². The first-order valence-electron chi connectivity index (χ1n) is 9.89. The third kappa shape index (κ3) is 5.40. The minimum Gasteiger partial charge on any atom is -0.338 e. The van der Waals surface area contributed by atoms with Gasteiger partial charge in [-0.15, -0.1) is 0 Å². The van der Waals surface area contributed by atoms with Crippen LogP contribution < -0.4 is 10.6 Å². The minimum absolute atomic E-state index is 0.0943. The van der Waals surface area contributed by atoms with Crippen molar-refractivity contribution in [3.8, 4) is 0 Å². The van der Waals surface area contributed by atoms with E-state index < -0.39 is 0 Å². The summed E-state index contributed by atoms with van der Waals surface area (Å²) in [6.45, 7) is 9.73. The van der Waals surface area contributed by atoms with Crippen molar-refractivity contribution in [1.29, 1.82) is 0 Å². The Hall–Kier alpha value is -1.20. The molecule has 2 heterocycles. The maximum absolute atomic E-state index is 12.2. The molecule has 5 heteroatoms. The molecule has 0 bridgehead atoms. The Balaban J connectivity index is 1.38. The number of hydrogen-bond donors (Lipinski definition) is 2. The fourth-order valence-electron chi connectivity index (χ4n) is 3.80. The number of carbonyl (C=O) groups excluding carboxylic acids is 1. The Kier molecular flexibility index (Phi) is 6.51. The van der Waals surface area contributed by atoms with Crippen LogP contribution in [0.15, 0.2) is 24.3 Å². The molecule has 2 saturated heterocycles. The molecule has 4 nitrogen and oxygen atoms in total. The smallest absolute Gasteiger partial charge is 0.319 e. The average Bonchev–Trinajstić information content (AvgIpc) is 3.15. The number of urea groups is 1. The standard InChI is InChI=1S/C21H33N3OS/c1-21(2,3)17-4-6-18(7-5-17)23-20(25)22-14-16-8-11-24(12-9-16)19-10-13-26-15-19/h4-7,16,19H,8-15H2,1-3H3,(H2,22,23,25). The SMILES string of the molecule is CC(C)(C)c1ccc(NC(=O)NCC2CCN(C3CCSC3)CC2)cc1. The average molecular weight is 376 g/mol. The van der Waals surface area contributed by atoms with Gasteiger partial charge in [-0.1, -0.05) is 32.9 Å². The molecule has 0 aromatic heterocycles. The Bertz CT molecular complexity index is 582. The number of carbonyl (C=O) groups is 1. The van der Waals surface area contributed by atoms with E-state index in [0.29, 0.717) is 5.92 Å². The lowest BCUT2D eigenvalue weighted by molar-refractivity contribution is 0.143. The van der Waals surface area contributed by atoms with Crippen LogP contribution in [0.4, 0.5) is 10.5 Å². The molecule has 1 atom stereocenters. The maximum atomic E-state index is 12.2. The number of nitrogens with one attached hydrogen (secondary N) is 2. The normalized spacial score (nSPS) is 22.3. The minimum atomic E-state index is -0.0943. The zero-order valence-electron chi connectivity index (χ0n) is 16.4. The van der Waals surface area contributed by atoms with Crippen molar-refractivity contribution >= 4 is 23.5 Å². The third-order valence-corrected chi connectivity index (χ3v) is 6.78. The van der Waals surface area contributed by atoms with Crippen molar-refractivity contribution in [2.75, 3.05) is 36.5 Å². The van der Waals surface area contributed by atoms with Gasteiger partial charge in [-0.3, -0.25) is 4.90 Å². The zero-order chi connectivity index (χ0) is 18.6. The Morgan fingerprint density at radius 1 is 1.15 bits per heavy atom. The van der Waals surface area contributed by atoms with E-state index in [0.717, 1.165) is 18.3 Å². The van der Waals surface area contributed by atoms with E-state index in [9.17, 15) is 4.79 Å². The van der Waals surface area contributed by atoms with E-state index in [1.165, 1.54) is 49.4 Å². The number of nitrogens with zero attached hydrogens (tertiary/aromatic N) is 1. The fourth-order valence-corrected chi connectivity index (χ4v) is 5.05. The highest BCUT2D eigenvalue weighted by atomic mass is 32.2. The number of benzene rings is 1. The van der Waals surface area contributed by atoms with Gasteiger partial charge in [0.1, 0.15) is 0 Å². The van der Waals surface area contributed by atoms with E-state index in [1.807, 2.05) is 12.1 Å². The van der Waals surface area contributed by atoms with Crippen LogP contribution in [0.2, 0.25) is 0 Å². The van der Waals surface area contributed by atoms with Crippen molar-refractivity contribution in [3.05, 3.63) is 29.8 Å². The van der Waals surface area contributed by atoms with Crippen LogP contribution >= 0.6 is 11.8 Å². The third-order valence-electron chi connectivity index (χ3n) is 5.63. The van der Waals surface area contributed by atoms with E-state index in [4.69, 9.17) is 0 Å². The summed E-state index contributed by atoms with van der Waals surface area (Å²) in [6.07, 6.45) is 3.74. The molecule has 26 heavy (non-hydrogen) atoms. The Morgan fingerprint density at radius 3 is 2.42 bits per heavy atom. The highest BCUT2D eigenvalue weighted by molar-refractivity contribution is 7.99. The monoisotopic (exact) mass is 375 g/mol. The van der Waals surface area contributed by atoms with Gasteiger partial charge in [0.15, 0.2) is 0 Å². The molecule has 2 N–H and O–H groups in total. The first kappa shape index (κ1) is 19.6. The Labute approximate surface area is 162 Å². The lowest BCUT2D eigenvalue weighted by Crippen LogP contribution is -2.44. The van der Waals surface area contributed by atoms with E-state index in [1.54, 1.807) is 0 Å². The predicted octanol–water partition coefficient (Wildman–Crippen LogP) is 4.32. The van der Waals surface area contributed by atoms with Crippen LogP contribution in [0.25, 0.3) is 0 Å². The van der Waals surface area contributed by atoms with Crippen LogP contribution in [-0.4, -0.2) is 48.1 Å². The summed E-state index contributed by atoms with van der Waals surface area (Å²) in [6, 6.07) is 8.85. The first-order valence-corrected chi connectivity index (χ1v) is 11.0. The van der Waals surface area contributed by atoms with E-state index in [-0.39, 0.29) is 11.4 Å². The lowest BCUT2D eigenvalue weighted by atomic mass is 9.87. The van der Waals surface area contributed by atoms with Crippen LogP contribution in [0.5, 0.6) is 0 Å². The molecule has 144 valence electrons. The molecular formula is C21H33N3OS. The van der Waals surface area contributed by atoms with Crippen molar-refractivity contribution in [1.82, 2.24) is 10.2 Å². The molecule has 0 saturated carbocycles. The Morgan fingerprint density at radius 2 is 1.85 bits per heavy atom. The maximum Gasteiger partial charge on any atom is 0.319 e. The number of rotatable bonds is 4. The van der Waals surface area contributed by atoms with Crippen molar-refractivity contribution < 1.29 is 4.79 Å². The van der Waals surface area contributed by atoms with Gasteiger partial charge >= 0.3 is 6.03 Å². The molecule has 0 aliphatic carbocycles. The summed E-state index contributed by atoms with van der Waals surface area (Å²) in [4.78, 5) is 14.8. The van der Waals surface area contributed by atoms with Gasteiger partial charge in [-0.2, -0.15) is 11.8 Å². The van der Waals surface area contributed by atoms with Gasteiger partial charge in [0.25, 0.3) is 0 Å². The van der Waals surface area contributed by atoms with Gasteiger partial charge in [0.05, 0.1) is 0 Å². The van der Waals surface area contributed by atoms with Crippen molar-refractivity contribution in [3.63, 3.8) is 0 Å². The second-order valence-electron chi connectivity index (χ2n) is 8.66. The molecule has 2 aliphatic rings. The van der Waals surface area contributed by atoms with Gasteiger partial charge in [-0.25, -0.2) is 4.79 Å². The summed E-state index contributed by atoms with van der Waals surface area (Å²) in [5.41, 5.74) is 2.26. The number of hydrogen-bond acceptors (Lipinski definition) is 3. The summed E-state index contributed by atoms with van der Waals surface area (Å²) < 4.78 is 0.